The lowest BCUT2D eigenvalue weighted by Crippen LogP contribution is -2.52. The molecule has 0 saturated heterocycles. The molecule has 0 radical (unpaired) electrons. The molecule has 0 aromatic heterocycles. The molecule has 4 rings (SSSR count). The molecule has 8 nitrogen and oxygen atoms in total. The van der Waals surface area contributed by atoms with Gasteiger partial charge < -0.3 is 23.9 Å². The normalized spacial score (nSPS) is 15.1. The van der Waals surface area contributed by atoms with Crippen LogP contribution in [0.25, 0.3) is 11.1 Å². The zero-order valence-corrected chi connectivity index (χ0v) is 21.4. The molecule has 1 amide bonds. The highest BCUT2D eigenvalue weighted by molar-refractivity contribution is 7.74. The molecule has 1 unspecified atom stereocenters. The molecule has 0 fully saturated rings. The van der Waals surface area contributed by atoms with Crippen LogP contribution < -0.4 is 23.9 Å². The van der Waals surface area contributed by atoms with Crippen molar-refractivity contribution in [2.45, 2.75) is 32.9 Å². The minimum atomic E-state index is -2.49. The lowest BCUT2D eigenvalue weighted by atomic mass is 9.91. The van der Waals surface area contributed by atoms with E-state index in [2.05, 4.69) is 5.32 Å². The van der Waals surface area contributed by atoms with Crippen LogP contribution in [-0.4, -0.2) is 34.4 Å². The second-order valence-corrected chi connectivity index (χ2v) is 9.56. The first-order chi connectivity index (χ1) is 17.0. The van der Waals surface area contributed by atoms with Crippen LogP contribution in [0.15, 0.2) is 48.5 Å². The highest BCUT2D eigenvalue weighted by atomic mass is 32.2. The number of methoxy groups -OCH3 is 1. The molecule has 36 heavy (non-hydrogen) atoms. The highest BCUT2D eigenvalue weighted by Gasteiger charge is 2.38. The summed E-state index contributed by atoms with van der Waals surface area (Å²) >= 11 is -2.49. The first kappa shape index (κ1) is 25.5. The van der Waals surface area contributed by atoms with E-state index in [4.69, 9.17) is 18.2 Å². The average molecular weight is 515 g/mol. The maximum Gasteiger partial charge on any atom is 0.357 e. The Morgan fingerprint density at radius 3 is 2.50 bits per heavy atom. The number of rotatable bonds is 7. The van der Waals surface area contributed by atoms with Gasteiger partial charge in [0.05, 0.1) is 18.5 Å². The van der Waals surface area contributed by atoms with Gasteiger partial charge in [-0.05, 0) is 56.2 Å². The number of hydrogen-bond donors (Lipinski definition) is 2. The number of nitrogens with zero attached hydrogens (tertiary/aromatic N) is 1. The van der Waals surface area contributed by atoms with E-state index in [1.807, 2.05) is 32.9 Å². The molecular formula is C26H27FN2O6S. The van der Waals surface area contributed by atoms with E-state index in [-0.39, 0.29) is 18.3 Å². The van der Waals surface area contributed by atoms with E-state index in [1.165, 1.54) is 25.3 Å². The number of ether oxygens (including phenoxy) is 2. The molecule has 0 bridgehead atoms. The Labute approximate surface area is 211 Å². The molecule has 3 aromatic carbocycles. The fourth-order valence-corrected chi connectivity index (χ4v) is 4.61. The van der Waals surface area contributed by atoms with Crippen molar-refractivity contribution in [3.8, 4) is 28.4 Å². The summed E-state index contributed by atoms with van der Waals surface area (Å²) in [5.74, 6) is 0.381. The van der Waals surface area contributed by atoms with E-state index in [9.17, 15) is 13.4 Å². The molecule has 0 aliphatic carbocycles. The molecule has 3 aromatic rings. The number of carbonyl (C=O) groups excluding carboxylic acids is 1. The summed E-state index contributed by atoms with van der Waals surface area (Å²) in [5.41, 5.74) is 3.36. The fourth-order valence-electron chi connectivity index (χ4n) is 4.34. The summed E-state index contributed by atoms with van der Waals surface area (Å²) in [4.78, 5) is 14.7. The van der Waals surface area contributed by atoms with Crippen molar-refractivity contribution >= 4 is 28.6 Å². The minimum absolute atomic E-state index is 0.0323. The number of halogens is 1. The third-order valence-electron chi connectivity index (χ3n) is 6.06. The Hall–Kier alpha value is -3.63. The Bertz CT molecular complexity index is 1360. The van der Waals surface area contributed by atoms with Gasteiger partial charge in [0, 0.05) is 30.3 Å². The van der Waals surface area contributed by atoms with Crippen LogP contribution in [0.2, 0.25) is 0 Å². The number of benzene rings is 3. The summed E-state index contributed by atoms with van der Waals surface area (Å²) < 4.78 is 50.6. The average Bonchev–Trinajstić information content (AvgIpc) is 2.82. The maximum atomic E-state index is 13.9. The smallest absolute Gasteiger partial charge is 0.357 e. The number of carbonyl (C=O) groups is 1. The van der Waals surface area contributed by atoms with Crippen LogP contribution in [-0.2, 0) is 22.8 Å². The number of aryl methyl sites for hydroxylation is 1. The van der Waals surface area contributed by atoms with Gasteiger partial charge in [-0.15, -0.1) is 0 Å². The van der Waals surface area contributed by atoms with Crippen LogP contribution in [0.1, 0.15) is 25.0 Å². The van der Waals surface area contributed by atoms with Gasteiger partial charge in [-0.3, -0.25) is 9.35 Å². The van der Waals surface area contributed by atoms with Crippen molar-refractivity contribution in [3.63, 3.8) is 0 Å². The van der Waals surface area contributed by atoms with Crippen molar-refractivity contribution in [2.75, 3.05) is 24.4 Å². The Kier molecular flexibility index (Phi) is 6.92. The standard InChI is InChI=1S/C26H27FN2O6S/c1-15-6-7-16(27)12-22(15)34-14-20-18(19-9-8-17(35-36(31)32)13-23(19)33-5)10-11-21-24(20)29(4)25(30)26(2,3)28-21/h6-13,28H,14H2,1-5H3,(H,31,32). The summed E-state index contributed by atoms with van der Waals surface area (Å²) in [6.45, 7) is 5.47. The van der Waals surface area contributed by atoms with Crippen molar-refractivity contribution in [3.05, 3.63) is 65.5 Å². The van der Waals surface area contributed by atoms with Gasteiger partial charge in [0.25, 0.3) is 5.91 Å². The lowest BCUT2D eigenvalue weighted by molar-refractivity contribution is -0.121. The second kappa shape index (κ2) is 9.79. The summed E-state index contributed by atoms with van der Waals surface area (Å²) in [6.07, 6.45) is 0. The largest absolute Gasteiger partial charge is 0.496 e. The second-order valence-electron chi connectivity index (χ2n) is 8.96. The first-order valence-electron chi connectivity index (χ1n) is 11.1. The number of fused-ring (bicyclic) bond motifs is 1. The Morgan fingerprint density at radius 1 is 1.08 bits per heavy atom. The Morgan fingerprint density at radius 2 is 1.81 bits per heavy atom. The van der Waals surface area contributed by atoms with Crippen LogP contribution in [0, 0.1) is 12.7 Å². The first-order valence-corrected chi connectivity index (χ1v) is 12.1. The topological polar surface area (TPSA) is 97.3 Å². The molecule has 1 heterocycles. The van der Waals surface area contributed by atoms with Crippen molar-refractivity contribution in [1.29, 1.82) is 0 Å². The van der Waals surface area contributed by atoms with Crippen LogP contribution in [0.3, 0.4) is 0 Å². The molecule has 0 spiro atoms. The molecule has 2 N–H and O–H groups in total. The van der Waals surface area contributed by atoms with E-state index in [0.717, 1.165) is 11.3 Å². The van der Waals surface area contributed by atoms with Crippen LogP contribution >= 0.6 is 0 Å². The molecule has 10 heteroatoms. The predicted octanol–water partition coefficient (Wildman–Crippen LogP) is 5.07. The Balaban J connectivity index is 1.87. The van der Waals surface area contributed by atoms with Gasteiger partial charge in [-0.25, -0.2) is 4.39 Å². The zero-order chi connectivity index (χ0) is 26.2. The third kappa shape index (κ3) is 4.87. The number of nitrogens with one attached hydrogen (secondary N) is 1. The predicted molar refractivity (Wildman–Crippen MR) is 136 cm³/mol. The molecule has 1 aliphatic heterocycles. The van der Waals surface area contributed by atoms with E-state index in [0.29, 0.717) is 33.9 Å². The van der Waals surface area contributed by atoms with E-state index < -0.39 is 22.7 Å². The minimum Gasteiger partial charge on any atom is -0.496 e. The number of anilines is 2. The quantitative estimate of drug-likeness (QED) is 0.425. The molecule has 1 atom stereocenters. The molecular weight excluding hydrogens is 487 g/mol. The molecule has 0 saturated carbocycles. The van der Waals surface area contributed by atoms with Gasteiger partial charge in [0.2, 0.25) is 0 Å². The van der Waals surface area contributed by atoms with Gasteiger partial charge in [-0.2, -0.15) is 4.21 Å². The zero-order valence-electron chi connectivity index (χ0n) is 20.5. The highest BCUT2D eigenvalue weighted by Crippen LogP contribution is 2.45. The third-order valence-corrected chi connectivity index (χ3v) is 6.39. The molecule has 190 valence electrons. The summed E-state index contributed by atoms with van der Waals surface area (Å²) in [6, 6.07) is 12.8. The maximum absolute atomic E-state index is 13.9. The summed E-state index contributed by atoms with van der Waals surface area (Å²) in [5, 5.41) is 3.29. The van der Waals surface area contributed by atoms with Crippen LogP contribution in [0.4, 0.5) is 15.8 Å². The van der Waals surface area contributed by atoms with Crippen molar-refractivity contribution in [1.82, 2.24) is 0 Å². The van der Waals surface area contributed by atoms with Crippen LogP contribution in [0.5, 0.6) is 17.2 Å². The monoisotopic (exact) mass is 514 g/mol. The summed E-state index contributed by atoms with van der Waals surface area (Å²) in [7, 11) is 3.18. The van der Waals surface area contributed by atoms with Gasteiger partial charge in [0.15, 0.2) is 0 Å². The van der Waals surface area contributed by atoms with E-state index in [1.54, 1.807) is 30.1 Å². The van der Waals surface area contributed by atoms with Gasteiger partial charge >= 0.3 is 11.4 Å². The SMILES string of the molecule is COc1cc(OS(=O)O)ccc1-c1ccc2c(c1COc1cc(F)ccc1C)N(C)C(=O)C(C)(C)N2. The lowest BCUT2D eigenvalue weighted by Gasteiger charge is -2.39. The number of hydrogen-bond acceptors (Lipinski definition) is 6. The van der Waals surface area contributed by atoms with E-state index >= 15 is 0 Å². The number of likely N-dealkylation sites (N-methyl/N-ethyl adjacent to an activating group) is 1. The van der Waals surface area contributed by atoms with Crippen molar-refractivity contribution in [2.24, 2.45) is 0 Å². The fraction of sp³-hybridized carbons (Fsp3) is 0.269. The van der Waals surface area contributed by atoms with Crippen molar-refractivity contribution < 1.29 is 31.6 Å². The van der Waals surface area contributed by atoms with Gasteiger partial charge in [0.1, 0.15) is 35.2 Å². The van der Waals surface area contributed by atoms with Gasteiger partial charge in [-0.1, -0.05) is 12.1 Å². The molecule has 1 aliphatic rings. The number of amides is 1.